The predicted octanol–water partition coefficient (Wildman–Crippen LogP) is 3.02. The molecule has 1 aromatic rings. The van der Waals surface area contributed by atoms with Crippen LogP contribution in [0.1, 0.15) is 44.6 Å². The summed E-state index contributed by atoms with van der Waals surface area (Å²) in [5, 5.41) is 18.1. The van der Waals surface area contributed by atoms with E-state index in [-0.39, 0.29) is 6.42 Å². The fourth-order valence-electron chi connectivity index (χ4n) is 1.97. The van der Waals surface area contributed by atoms with Gasteiger partial charge < -0.3 is 14.9 Å². The van der Waals surface area contributed by atoms with E-state index in [1.54, 1.807) is 0 Å². The number of carboxylic acids is 1. The molecule has 1 aromatic carbocycles. The van der Waals surface area contributed by atoms with Crippen molar-refractivity contribution in [1.29, 1.82) is 0 Å². The summed E-state index contributed by atoms with van der Waals surface area (Å²) in [6.45, 7) is 2.88. The SMILES string of the molecule is CCCCCOc1cccc(CCC(O)CC(=O)O)c1. The van der Waals surface area contributed by atoms with Crippen molar-refractivity contribution in [1.82, 2.24) is 0 Å². The summed E-state index contributed by atoms with van der Waals surface area (Å²) in [6, 6.07) is 7.77. The summed E-state index contributed by atoms with van der Waals surface area (Å²) in [5.74, 6) is -0.128. The highest BCUT2D eigenvalue weighted by Gasteiger charge is 2.09. The normalized spacial score (nSPS) is 12.1. The van der Waals surface area contributed by atoms with Crippen LogP contribution >= 0.6 is 0 Å². The second-order valence-corrected chi connectivity index (χ2v) is 4.99. The molecule has 1 unspecified atom stereocenters. The van der Waals surface area contributed by atoms with Gasteiger partial charge in [-0.3, -0.25) is 4.79 Å². The van der Waals surface area contributed by atoms with E-state index >= 15 is 0 Å². The second-order valence-electron chi connectivity index (χ2n) is 4.99. The van der Waals surface area contributed by atoms with E-state index in [1.165, 1.54) is 12.8 Å². The third-order valence-electron chi connectivity index (χ3n) is 3.09. The first-order valence-corrected chi connectivity index (χ1v) is 7.23. The van der Waals surface area contributed by atoms with Crippen LogP contribution in [0.15, 0.2) is 24.3 Å². The van der Waals surface area contributed by atoms with Gasteiger partial charge in [0.2, 0.25) is 0 Å². The van der Waals surface area contributed by atoms with Crippen molar-refractivity contribution in [3.8, 4) is 5.75 Å². The van der Waals surface area contributed by atoms with Gasteiger partial charge in [0.1, 0.15) is 5.75 Å². The van der Waals surface area contributed by atoms with Crippen molar-refractivity contribution < 1.29 is 19.7 Å². The molecule has 20 heavy (non-hydrogen) atoms. The monoisotopic (exact) mass is 280 g/mol. The van der Waals surface area contributed by atoms with E-state index in [4.69, 9.17) is 9.84 Å². The third-order valence-corrected chi connectivity index (χ3v) is 3.09. The largest absolute Gasteiger partial charge is 0.494 e. The van der Waals surface area contributed by atoms with Crippen LogP contribution in [0.5, 0.6) is 5.75 Å². The number of aryl methyl sites for hydroxylation is 1. The maximum atomic E-state index is 10.5. The van der Waals surface area contributed by atoms with Crippen molar-refractivity contribution in [2.24, 2.45) is 0 Å². The number of carbonyl (C=O) groups is 1. The maximum absolute atomic E-state index is 10.5. The lowest BCUT2D eigenvalue weighted by atomic mass is 10.0. The molecule has 0 bridgehead atoms. The summed E-state index contributed by atoms with van der Waals surface area (Å²) in [7, 11) is 0. The Morgan fingerprint density at radius 3 is 2.85 bits per heavy atom. The first kappa shape index (κ1) is 16.5. The number of aliphatic carboxylic acids is 1. The highest BCUT2D eigenvalue weighted by atomic mass is 16.5. The number of ether oxygens (including phenoxy) is 1. The molecule has 1 atom stereocenters. The first-order valence-electron chi connectivity index (χ1n) is 7.23. The number of carboxylic acid groups (broad SMARTS) is 1. The molecule has 0 aliphatic carbocycles. The lowest BCUT2D eigenvalue weighted by molar-refractivity contribution is -0.139. The van der Waals surface area contributed by atoms with Gasteiger partial charge in [0.05, 0.1) is 19.1 Å². The van der Waals surface area contributed by atoms with Crippen molar-refractivity contribution in [3.63, 3.8) is 0 Å². The van der Waals surface area contributed by atoms with Crippen LogP contribution in [0, 0.1) is 0 Å². The number of aliphatic hydroxyl groups excluding tert-OH is 1. The molecule has 0 fully saturated rings. The van der Waals surface area contributed by atoms with Gasteiger partial charge >= 0.3 is 5.97 Å². The summed E-state index contributed by atoms with van der Waals surface area (Å²) in [5.41, 5.74) is 1.06. The van der Waals surface area contributed by atoms with Crippen molar-refractivity contribution in [3.05, 3.63) is 29.8 Å². The zero-order valence-electron chi connectivity index (χ0n) is 12.0. The van der Waals surface area contributed by atoms with Crippen molar-refractivity contribution in [2.75, 3.05) is 6.61 Å². The minimum Gasteiger partial charge on any atom is -0.494 e. The van der Waals surface area contributed by atoms with Crippen LogP contribution in [-0.4, -0.2) is 28.9 Å². The molecule has 0 heterocycles. The van der Waals surface area contributed by atoms with Crippen LogP contribution in [0.2, 0.25) is 0 Å². The Balaban J connectivity index is 2.37. The summed E-state index contributed by atoms with van der Waals surface area (Å²) in [6.07, 6.45) is 3.50. The van der Waals surface area contributed by atoms with Crippen LogP contribution in [-0.2, 0) is 11.2 Å². The van der Waals surface area contributed by atoms with Crippen molar-refractivity contribution >= 4 is 5.97 Å². The van der Waals surface area contributed by atoms with Gasteiger partial charge in [-0.05, 0) is 37.0 Å². The lowest BCUT2D eigenvalue weighted by Crippen LogP contribution is -2.13. The fraction of sp³-hybridized carbons (Fsp3) is 0.562. The van der Waals surface area contributed by atoms with E-state index < -0.39 is 12.1 Å². The van der Waals surface area contributed by atoms with E-state index in [0.29, 0.717) is 12.8 Å². The Hall–Kier alpha value is -1.55. The van der Waals surface area contributed by atoms with E-state index in [9.17, 15) is 9.90 Å². The molecule has 0 amide bonds. The van der Waals surface area contributed by atoms with E-state index in [0.717, 1.165) is 24.3 Å². The first-order chi connectivity index (χ1) is 9.61. The minimum atomic E-state index is -0.967. The topological polar surface area (TPSA) is 66.8 Å². The molecule has 0 aliphatic heterocycles. The zero-order valence-corrected chi connectivity index (χ0v) is 12.0. The van der Waals surface area contributed by atoms with Crippen LogP contribution < -0.4 is 4.74 Å². The zero-order chi connectivity index (χ0) is 14.8. The van der Waals surface area contributed by atoms with Crippen LogP contribution in [0.3, 0.4) is 0 Å². The maximum Gasteiger partial charge on any atom is 0.305 e. The molecule has 4 nitrogen and oxygen atoms in total. The van der Waals surface area contributed by atoms with Gasteiger partial charge in [-0.25, -0.2) is 0 Å². The number of hydrogen-bond donors (Lipinski definition) is 2. The molecular formula is C16H24O4. The van der Waals surface area contributed by atoms with Gasteiger partial charge in [0.15, 0.2) is 0 Å². The van der Waals surface area contributed by atoms with Crippen LogP contribution in [0.4, 0.5) is 0 Å². The highest BCUT2D eigenvalue weighted by Crippen LogP contribution is 2.16. The van der Waals surface area contributed by atoms with Crippen LogP contribution in [0.25, 0.3) is 0 Å². The standard InChI is InChI=1S/C16H24O4/c1-2-3-4-10-20-15-7-5-6-13(11-15)8-9-14(17)12-16(18)19/h5-7,11,14,17H,2-4,8-10,12H2,1H3,(H,18,19). The van der Waals surface area contributed by atoms with Crippen molar-refractivity contribution in [2.45, 2.75) is 51.6 Å². The molecule has 1 rings (SSSR count). The number of unbranched alkanes of at least 4 members (excludes halogenated alkanes) is 2. The summed E-state index contributed by atoms with van der Waals surface area (Å²) in [4.78, 5) is 10.5. The van der Waals surface area contributed by atoms with E-state index in [1.807, 2.05) is 24.3 Å². The Bertz CT molecular complexity index is 403. The van der Waals surface area contributed by atoms with Gasteiger partial charge in [0, 0.05) is 0 Å². The average molecular weight is 280 g/mol. The summed E-state index contributed by atoms with van der Waals surface area (Å²) >= 11 is 0. The molecule has 0 spiro atoms. The Morgan fingerprint density at radius 2 is 2.15 bits per heavy atom. The molecule has 0 saturated heterocycles. The minimum absolute atomic E-state index is 0.201. The Morgan fingerprint density at radius 1 is 1.35 bits per heavy atom. The van der Waals surface area contributed by atoms with Gasteiger partial charge in [-0.2, -0.15) is 0 Å². The van der Waals surface area contributed by atoms with E-state index in [2.05, 4.69) is 6.92 Å². The second kappa shape index (κ2) is 9.37. The average Bonchev–Trinajstić information content (AvgIpc) is 2.41. The van der Waals surface area contributed by atoms with Gasteiger partial charge in [0.25, 0.3) is 0 Å². The lowest BCUT2D eigenvalue weighted by Gasteiger charge is -2.10. The molecule has 2 N–H and O–H groups in total. The molecule has 0 aliphatic rings. The predicted molar refractivity (Wildman–Crippen MR) is 78.0 cm³/mol. The fourth-order valence-corrected chi connectivity index (χ4v) is 1.97. The van der Waals surface area contributed by atoms with Gasteiger partial charge in [-0.15, -0.1) is 0 Å². The highest BCUT2D eigenvalue weighted by molar-refractivity contribution is 5.67. The molecular weight excluding hydrogens is 256 g/mol. The Labute approximate surface area is 120 Å². The van der Waals surface area contributed by atoms with Gasteiger partial charge in [-0.1, -0.05) is 31.9 Å². The molecule has 4 heteroatoms. The number of rotatable bonds is 10. The number of benzene rings is 1. The number of aliphatic hydroxyl groups is 1. The summed E-state index contributed by atoms with van der Waals surface area (Å²) < 4.78 is 5.66. The molecule has 112 valence electrons. The smallest absolute Gasteiger partial charge is 0.305 e. The number of hydrogen-bond acceptors (Lipinski definition) is 3. The quantitative estimate of drug-likeness (QED) is 0.646. The molecule has 0 radical (unpaired) electrons. The Kier molecular flexibility index (Phi) is 7.73. The molecule has 0 saturated carbocycles. The molecule has 0 aromatic heterocycles. The third kappa shape index (κ3) is 7.14.